The van der Waals surface area contributed by atoms with Gasteiger partial charge in [-0.05, 0) is 24.5 Å². The number of aliphatic hydroxyl groups is 1. The number of aryl methyl sites for hydroxylation is 2. The first kappa shape index (κ1) is 22.3. The van der Waals surface area contributed by atoms with Crippen molar-refractivity contribution in [1.29, 1.82) is 0 Å². The van der Waals surface area contributed by atoms with Crippen molar-refractivity contribution in [3.05, 3.63) is 47.2 Å². The maximum atomic E-state index is 13.4. The second kappa shape index (κ2) is 7.68. The highest BCUT2D eigenvalue weighted by molar-refractivity contribution is 5.47. The van der Waals surface area contributed by atoms with E-state index in [1.807, 2.05) is 0 Å². The van der Waals surface area contributed by atoms with Gasteiger partial charge in [0.2, 0.25) is 0 Å². The van der Waals surface area contributed by atoms with Crippen molar-refractivity contribution in [2.45, 2.75) is 57.6 Å². The van der Waals surface area contributed by atoms with Crippen LogP contribution < -0.4 is 5.32 Å². The number of aromatic nitrogens is 3. The van der Waals surface area contributed by atoms with E-state index in [0.29, 0.717) is 6.20 Å². The van der Waals surface area contributed by atoms with Gasteiger partial charge >= 0.3 is 12.4 Å². The zero-order chi connectivity index (χ0) is 22.3. The summed E-state index contributed by atoms with van der Waals surface area (Å²) in [4.78, 5) is 11.3. The largest absolute Gasteiger partial charge is 0.421 e. The number of hydrogen-bond donors (Lipinski definition) is 2. The maximum absolute atomic E-state index is 13.4. The third-order valence-corrected chi connectivity index (χ3v) is 5.50. The molecule has 2 aromatic heterocycles. The highest BCUT2D eigenvalue weighted by Crippen LogP contribution is 2.43. The average Bonchev–Trinajstić information content (AvgIpc) is 2.65. The van der Waals surface area contributed by atoms with E-state index in [1.54, 1.807) is 13.8 Å². The lowest BCUT2D eigenvalue weighted by Gasteiger charge is -2.49. The molecule has 3 rings (SSSR count). The SMILES string of the molecule is CC1(C)[C@@H](O)C[C@H]1Nc1nc(CCc2cnccc2C(F)(F)F)ncc1C(F)(F)F. The van der Waals surface area contributed by atoms with Crippen LogP contribution in [0.3, 0.4) is 0 Å². The number of rotatable bonds is 5. The topological polar surface area (TPSA) is 70.9 Å². The van der Waals surface area contributed by atoms with Crippen molar-refractivity contribution in [3.8, 4) is 0 Å². The Hall–Kier alpha value is -2.43. The van der Waals surface area contributed by atoms with Crippen molar-refractivity contribution in [2.24, 2.45) is 5.41 Å². The minimum absolute atomic E-state index is 0.0276. The normalized spacial score (nSPS) is 21.2. The molecule has 2 N–H and O–H groups in total. The van der Waals surface area contributed by atoms with Gasteiger partial charge in [-0.3, -0.25) is 4.98 Å². The molecule has 1 saturated carbocycles. The van der Waals surface area contributed by atoms with Crippen molar-refractivity contribution in [2.75, 3.05) is 5.32 Å². The van der Waals surface area contributed by atoms with Gasteiger partial charge < -0.3 is 10.4 Å². The Labute approximate surface area is 168 Å². The Bertz CT molecular complexity index is 913. The second-order valence-corrected chi connectivity index (χ2v) is 7.85. The Balaban J connectivity index is 1.84. The van der Waals surface area contributed by atoms with Crippen molar-refractivity contribution >= 4 is 5.82 Å². The van der Waals surface area contributed by atoms with Gasteiger partial charge in [-0.25, -0.2) is 9.97 Å². The van der Waals surface area contributed by atoms with Crippen LogP contribution in [-0.2, 0) is 25.2 Å². The summed E-state index contributed by atoms with van der Waals surface area (Å²) in [5.41, 5.74) is -2.66. The molecule has 2 heterocycles. The first-order valence-electron chi connectivity index (χ1n) is 9.18. The van der Waals surface area contributed by atoms with Crippen LogP contribution >= 0.6 is 0 Å². The zero-order valence-corrected chi connectivity index (χ0v) is 16.1. The van der Waals surface area contributed by atoms with E-state index in [1.165, 1.54) is 0 Å². The molecule has 0 aliphatic heterocycles. The summed E-state index contributed by atoms with van der Waals surface area (Å²) in [5, 5.41) is 12.5. The van der Waals surface area contributed by atoms with Gasteiger partial charge in [-0.1, -0.05) is 13.8 Å². The molecule has 0 unspecified atom stereocenters. The van der Waals surface area contributed by atoms with E-state index in [4.69, 9.17) is 0 Å². The minimum Gasteiger partial charge on any atom is -0.392 e. The van der Waals surface area contributed by atoms with Crippen LogP contribution in [0.1, 0.15) is 42.8 Å². The Morgan fingerprint density at radius 2 is 1.73 bits per heavy atom. The molecular weight excluding hydrogens is 414 g/mol. The van der Waals surface area contributed by atoms with Crippen LogP contribution in [0.5, 0.6) is 0 Å². The van der Waals surface area contributed by atoms with Crippen molar-refractivity contribution in [1.82, 2.24) is 15.0 Å². The lowest BCUT2D eigenvalue weighted by Crippen LogP contribution is -2.57. The summed E-state index contributed by atoms with van der Waals surface area (Å²) in [5.74, 6) is -0.472. The molecule has 2 aromatic rings. The van der Waals surface area contributed by atoms with Gasteiger partial charge in [0.1, 0.15) is 17.2 Å². The summed E-state index contributed by atoms with van der Waals surface area (Å²) >= 11 is 0. The molecular formula is C19H20F6N4O. The molecule has 0 spiro atoms. The third-order valence-electron chi connectivity index (χ3n) is 5.50. The number of alkyl halides is 6. The second-order valence-electron chi connectivity index (χ2n) is 7.85. The van der Waals surface area contributed by atoms with Gasteiger partial charge in [0.05, 0.1) is 11.7 Å². The van der Waals surface area contributed by atoms with E-state index in [-0.39, 0.29) is 30.7 Å². The number of hydrogen-bond acceptors (Lipinski definition) is 5. The molecule has 0 saturated heterocycles. The van der Waals surface area contributed by atoms with Crippen molar-refractivity contribution < 1.29 is 31.4 Å². The van der Waals surface area contributed by atoms with Crippen LogP contribution in [0.4, 0.5) is 32.2 Å². The number of nitrogens with one attached hydrogen (secondary N) is 1. The van der Waals surface area contributed by atoms with Gasteiger partial charge in [0.25, 0.3) is 0 Å². The van der Waals surface area contributed by atoms with Crippen molar-refractivity contribution in [3.63, 3.8) is 0 Å². The molecule has 1 aliphatic rings. The Kier molecular flexibility index (Phi) is 5.70. The fourth-order valence-corrected chi connectivity index (χ4v) is 3.32. The van der Waals surface area contributed by atoms with Gasteiger partial charge in [-0.2, -0.15) is 26.3 Å². The summed E-state index contributed by atoms with van der Waals surface area (Å²) in [6.07, 6.45) is -7.18. The number of nitrogens with zero attached hydrogens (tertiary/aromatic N) is 3. The van der Waals surface area contributed by atoms with E-state index >= 15 is 0 Å². The monoisotopic (exact) mass is 434 g/mol. The van der Waals surface area contributed by atoms with Gasteiger partial charge in [0, 0.05) is 36.5 Å². The molecule has 2 atom stereocenters. The van der Waals surface area contributed by atoms with E-state index in [2.05, 4.69) is 20.3 Å². The molecule has 1 aliphatic carbocycles. The van der Waals surface area contributed by atoms with Crippen LogP contribution in [0.15, 0.2) is 24.7 Å². The lowest BCUT2D eigenvalue weighted by atomic mass is 9.64. The van der Waals surface area contributed by atoms with Crippen LogP contribution in [0, 0.1) is 5.41 Å². The summed E-state index contributed by atoms with van der Waals surface area (Å²) in [6, 6.07) is 0.409. The first-order valence-corrected chi connectivity index (χ1v) is 9.18. The molecule has 0 radical (unpaired) electrons. The molecule has 5 nitrogen and oxygen atoms in total. The number of halogens is 6. The minimum atomic E-state index is -4.71. The highest BCUT2D eigenvalue weighted by Gasteiger charge is 2.48. The molecule has 0 amide bonds. The van der Waals surface area contributed by atoms with Gasteiger partial charge in [-0.15, -0.1) is 0 Å². The number of aliphatic hydroxyl groups excluding tert-OH is 1. The fourth-order valence-electron chi connectivity index (χ4n) is 3.32. The summed E-state index contributed by atoms with van der Waals surface area (Å²) < 4.78 is 79.4. The van der Waals surface area contributed by atoms with Gasteiger partial charge in [0.15, 0.2) is 0 Å². The molecule has 0 bridgehead atoms. The van der Waals surface area contributed by atoms with E-state index in [9.17, 15) is 31.4 Å². The zero-order valence-electron chi connectivity index (χ0n) is 16.1. The van der Waals surface area contributed by atoms with Crippen LogP contribution in [0.25, 0.3) is 0 Å². The lowest BCUT2D eigenvalue weighted by molar-refractivity contribution is -0.138. The maximum Gasteiger partial charge on any atom is 0.421 e. The Morgan fingerprint density at radius 3 is 2.30 bits per heavy atom. The predicted octanol–water partition coefficient (Wildman–Crippen LogP) is 4.27. The summed E-state index contributed by atoms with van der Waals surface area (Å²) in [6.45, 7) is 3.44. The smallest absolute Gasteiger partial charge is 0.392 e. The van der Waals surface area contributed by atoms with Crippen LogP contribution in [0.2, 0.25) is 0 Å². The Morgan fingerprint density at radius 1 is 1.07 bits per heavy atom. The third kappa shape index (κ3) is 4.50. The van der Waals surface area contributed by atoms with Crippen LogP contribution in [-0.4, -0.2) is 32.2 Å². The average molecular weight is 434 g/mol. The highest BCUT2D eigenvalue weighted by atomic mass is 19.4. The number of anilines is 1. The summed E-state index contributed by atoms with van der Waals surface area (Å²) in [7, 11) is 0. The van der Waals surface area contributed by atoms with E-state index < -0.39 is 46.9 Å². The molecule has 30 heavy (non-hydrogen) atoms. The molecule has 0 aromatic carbocycles. The molecule has 11 heteroatoms. The predicted molar refractivity (Wildman–Crippen MR) is 95.5 cm³/mol. The molecule has 164 valence electrons. The van der Waals surface area contributed by atoms with E-state index in [0.717, 1.165) is 18.5 Å². The number of pyridine rings is 1. The fraction of sp³-hybridized carbons (Fsp3) is 0.526. The first-order chi connectivity index (χ1) is 13.8. The quantitative estimate of drug-likeness (QED) is 0.688. The molecule has 1 fully saturated rings. The standard InChI is InChI=1S/C19H20F6N4O/c1-17(2)13(7-14(17)30)28-16-12(19(23,24)25)9-27-15(29-16)4-3-10-8-26-6-5-11(10)18(20,21)22/h5-6,8-9,13-14,30H,3-4,7H2,1-2H3,(H,27,28,29)/t13-,14+/m1/s1.